The summed E-state index contributed by atoms with van der Waals surface area (Å²) in [5.74, 6) is -0.345. The SMILES string of the molecule is CCN(C(=O)C1(C)CCNC1)c1ccccc1F. The van der Waals surface area contributed by atoms with Crippen LogP contribution in [0.25, 0.3) is 0 Å². The molecule has 1 unspecified atom stereocenters. The third-order valence-corrected chi connectivity index (χ3v) is 3.59. The van der Waals surface area contributed by atoms with E-state index in [1.54, 1.807) is 23.1 Å². The Morgan fingerprint density at radius 2 is 2.22 bits per heavy atom. The molecule has 98 valence electrons. The molecule has 1 saturated heterocycles. The van der Waals surface area contributed by atoms with Crippen LogP contribution in [-0.4, -0.2) is 25.5 Å². The number of benzene rings is 1. The van der Waals surface area contributed by atoms with E-state index in [4.69, 9.17) is 0 Å². The molecule has 1 aromatic carbocycles. The van der Waals surface area contributed by atoms with Crippen LogP contribution in [0.5, 0.6) is 0 Å². The fourth-order valence-electron chi connectivity index (χ4n) is 2.42. The number of halogens is 1. The Kier molecular flexibility index (Phi) is 3.66. The van der Waals surface area contributed by atoms with Gasteiger partial charge in [-0.05, 0) is 38.9 Å². The Hall–Kier alpha value is -1.42. The van der Waals surface area contributed by atoms with Crippen molar-refractivity contribution >= 4 is 11.6 Å². The van der Waals surface area contributed by atoms with Gasteiger partial charge in [0.15, 0.2) is 0 Å². The van der Waals surface area contributed by atoms with Crippen molar-refractivity contribution in [3.05, 3.63) is 30.1 Å². The van der Waals surface area contributed by atoms with Crippen molar-refractivity contribution in [1.82, 2.24) is 5.32 Å². The molecular formula is C14H19FN2O. The summed E-state index contributed by atoms with van der Waals surface area (Å²) in [7, 11) is 0. The highest BCUT2D eigenvalue weighted by atomic mass is 19.1. The summed E-state index contributed by atoms with van der Waals surface area (Å²) in [6.45, 7) is 5.80. The summed E-state index contributed by atoms with van der Waals surface area (Å²) < 4.78 is 13.8. The third kappa shape index (κ3) is 2.25. The molecule has 1 amide bonds. The second-order valence-corrected chi connectivity index (χ2v) is 4.99. The first-order chi connectivity index (χ1) is 8.58. The van der Waals surface area contributed by atoms with Crippen LogP contribution >= 0.6 is 0 Å². The number of rotatable bonds is 3. The van der Waals surface area contributed by atoms with E-state index in [0.29, 0.717) is 18.8 Å². The zero-order chi connectivity index (χ0) is 13.2. The second kappa shape index (κ2) is 5.06. The van der Waals surface area contributed by atoms with E-state index in [1.807, 2.05) is 13.8 Å². The Morgan fingerprint density at radius 1 is 1.50 bits per heavy atom. The fraction of sp³-hybridized carbons (Fsp3) is 0.500. The third-order valence-electron chi connectivity index (χ3n) is 3.59. The van der Waals surface area contributed by atoms with Crippen LogP contribution in [0.15, 0.2) is 24.3 Å². The zero-order valence-corrected chi connectivity index (χ0v) is 10.9. The fourth-order valence-corrected chi connectivity index (χ4v) is 2.42. The van der Waals surface area contributed by atoms with Gasteiger partial charge in [0.05, 0.1) is 11.1 Å². The summed E-state index contributed by atoms with van der Waals surface area (Å²) >= 11 is 0. The number of nitrogens with one attached hydrogen (secondary N) is 1. The Bertz CT molecular complexity index is 441. The molecule has 1 heterocycles. The van der Waals surface area contributed by atoms with Gasteiger partial charge >= 0.3 is 0 Å². The molecular weight excluding hydrogens is 231 g/mol. The maximum Gasteiger partial charge on any atom is 0.234 e. The number of anilines is 1. The summed E-state index contributed by atoms with van der Waals surface area (Å²) in [5.41, 5.74) is -0.0451. The number of amides is 1. The van der Waals surface area contributed by atoms with Crippen LogP contribution in [0, 0.1) is 11.2 Å². The van der Waals surface area contributed by atoms with E-state index in [-0.39, 0.29) is 11.7 Å². The van der Waals surface area contributed by atoms with Gasteiger partial charge < -0.3 is 10.2 Å². The van der Waals surface area contributed by atoms with Gasteiger partial charge in [-0.25, -0.2) is 4.39 Å². The van der Waals surface area contributed by atoms with Gasteiger partial charge in [0.2, 0.25) is 5.91 Å². The van der Waals surface area contributed by atoms with Gasteiger partial charge in [0.1, 0.15) is 5.82 Å². The average molecular weight is 250 g/mol. The molecule has 1 aromatic rings. The molecule has 1 fully saturated rings. The van der Waals surface area contributed by atoms with E-state index in [9.17, 15) is 9.18 Å². The maximum atomic E-state index is 13.8. The van der Waals surface area contributed by atoms with Crippen molar-refractivity contribution in [2.75, 3.05) is 24.5 Å². The molecule has 3 nitrogen and oxygen atoms in total. The molecule has 1 aliphatic heterocycles. The molecule has 1 N–H and O–H groups in total. The van der Waals surface area contributed by atoms with Crippen LogP contribution in [0.1, 0.15) is 20.3 Å². The highest BCUT2D eigenvalue weighted by molar-refractivity contribution is 5.97. The predicted molar refractivity (Wildman–Crippen MR) is 70.0 cm³/mol. The number of nitrogens with zero attached hydrogens (tertiary/aromatic N) is 1. The van der Waals surface area contributed by atoms with Crippen LogP contribution in [0.2, 0.25) is 0 Å². The van der Waals surface area contributed by atoms with Gasteiger partial charge in [-0.15, -0.1) is 0 Å². The van der Waals surface area contributed by atoms with Crippen molar-refractivity contribution < 1.29 is 9.18 Å². The van der Waals surface area contributed by atoms with Gasteiger partial charge in [-0.2, -0.15) is 0 Å². The van der Waals surface area contributed by atoms with E-state index < -0.39 is 5.41 Å². The number of hydrogen-bond donors (Lipinski definition) is 1. The summed E-state index contributed by atoms with van der Waals surface area (Å²) in [6.07, 6.45) is 0.802. The normalized spacial score (nSPS) is 23.1. The monoisotopic (exact) mass is 250 g/mol. The van der Waals surface area contributed by atoms with Crippen molar-refractivity contribution in [2.45, 2.75) is 20.3 Å². The largest absolute Gasteiger partial charge is 0.316 e. The predicted octanol–water partition coefficient (Wildman–Crippen LogP) is 2.18. The first-order valence-electron chi connectivity index (χ1n) is 6.36. The van der Waals surface area contributed by atoms with Crippen molar-refractivity contribution in [2.24, 2.45) is 5.41 Å². The minimum absolute atomic E-state index is 0.0000926. The first-order valence-corrected chi connectivity index (χ1v) is 6.36. The van der Waals surface area contributed by atoms with Crippen LogP contribution in [0.4, 0.5) is 10.1 Å². The minimum atomic E-state index is -0.418. The highest BCUT2D eigenvalue weighted by Gasteiger charge is 2.39. The van der Waals surface area contributed by atoms with Gasteiger partial charge in [-0.3, -0.25) is 4.79 Å². The van der Waals surface area contributed by atoms with E-state index in [1.165, 1.54) is 6.07 Å². The van der Waals surface area contributed by atoms with Crippen LogP contribution in [-0.2, 0) is 4.79 Å². The van der Waals surface area contributed by atoms with Crippen LogP contribution in [0.3, 0.4) is 0 Å². The average Bonchev–Trinajstić information content (AvgIpc) is 2.81. The van der Waals surface area contributed by atoms with Crippen molar-refractivity contribution in [3.63, 3.8) is 0 Å². The Morgan fingerprint density at radius 3 is 2.78 bits per heavy atom. The molecule has 0 bridgehead atoms. The van der Waals surface area contributed by atoms with E-state index >= 15 is 0 Å². The molecule has 18 heavy (non-hydrogen) atoms. The lowest BCUT2D eigenvalue weighted by Crippen LogP contribution is -2.44. The number of hydrogen-bond acceptors (Lipinski definition) is 2. The smallest absolute Gasteiger partial charge is 0.234 e. The van der Waals surface area contributed by atoms with Crippen molar-refractivity contribution in [1.29, 1.82) is 0 Å². The molecule has 0 aromatic heterocycles. The standard InChI is InChI=1S/C14H19FN2O/c1-3-17(12-7-5-4-6-11(12)15)13(18)14(2)8-9-16-10-14/h4-7,16H,3,8-10H2,1-2H3. The lowest BCUT2D eigenvalue weighted by atomic mass is 9.88. The maximum absolute atomic E-state index is 13.8. The van der Waals surface area contributed by atoms with Crippen molar-refractivity contribution in [3.8, 4) is 0 Å². The molecule has 2 rings (SSSR count). The zero-order valence-electron chi connectivity index (χ0n) is 10.9. The molecule has 1 aliphatic rings. The van der Waals surface area contributed by atoms with Gasteiger partial charge in [0.25, 0.3) is 0 Å². The number of carbonyl (C=O) groups is 1. The Labute approximate surface area is 107 Å². The lowest BCUT2D eigenvalue weighted by Gasteiger charge is -2.30. The quantitative estimate of drug-likeness (QED) is 0.891. The summed E-state index contributed by atoms with van der Waals surface area (Å²) in [6, 6.07) is 6.43. The van der Waals surface area contributed by atoms with Crippen LogP contribution < -0.4 is 10.2 Å². The molecule has 1 atom stereocenters. The molecule has 0 radical (unpaired) electrons. The topological polar surface area (TPSA) is 32.3 Å². The number of para-hydroxylation sites is 1. The summed E-state index contributed by atoms with van der Waals surface area (Å²) in [5, 5.41) is 3.20. The Balaban J connectivity index is 2.29. The molecule has 0 saturated carbocycles. The molecule has 4 heteroatoms. The first kappa shape index (κ1) is 13.0. The van der Waals surface area contributed by atoms with Gasteiger partial charge in [-0.1, -0.05) is 12.1 Å². The van der Waals surface area contributed by atoms with E-state index in [0.717, 1.165) is 13.0 Å². The van der Waals surface area contributed by atoms with E-state index in [2.05, 4.69) is 5.32 Å². The molecule has 0 spiro atoms. The lowest BCUT2D eigenvalue weighted by molar-refractivity contribution is -0.126. The highest BCUT2D eigenvalue weighted by Crippen LogP contribution is 2.30. The minimum Gasteiger partial charge on any atom is -0.316 e. The van der Waals surface area contributed by atoms with Gasteiger partial charge in [0, 0.05) is 13.1 Å². The summed E-state index contributed by atoms with van der Waals surface area (Å²) in [4.78, 5) is 14.1. The number of carbonyl (C=O) groups excluding carboxylic acids is 1. The molecule has 0 aliphatic carbocycles. The second-order valence-electron chi connectivity index (χ2n) is 4.99.